The minimum atomic E-state index is -1.26. The van der Waals surface area contributed by atoms with E-state index in [1.165, 1.54) is 6.07 Å². The van der Waals surface area contributed by atoms with Gasteiger partial charge in [0.25, 0.3) is 0 Å². The number of piperazine rings is 1. The van der Waals surface area contributed by atoms with Gasteiger partial charge in [0, 0.05) is 19.6 Å². The van der Waals surface area contributed by atoms with E-state index < -0.39 is 12.8 Å². The highest BCUT2D eigenvalue weighted by atomic mass is 35.5. The fourth-order valence-corrected chi connectivity index (χ4v) is 3.51. The van der Waals surface area contributed by atoms with Crippen LogP contribution in [-0.4, -0.2) is 67.7 Å². The van der Waals surface area contributed by atoms with Crippen molar-refractivity contribution in [1.82, 2.24) is 4.90 Å². The molecule has 1 unspecified atom stereocenters. The van der Waals surface area contributed by atoms with Crippen LogP contribution in [0.2, 0.25) is 5.02 Å². The third-order valence-corrected chi connectivity index (χ3v) is 4.96. The highest BCUT2D eigenvalue weighted by molar-refractivity contribution is 6.36. The van der Waals surface area contributed by atoms with E-state index in [0.717, 1.165) is 0 Å². The molecule has 0 spiro atoms. The van der Waals surface area contributed by atoms with E-state index in [1.54, 1.807) is 6.07 Å². The van der Waals surface area contributed by atoms with Gasteiger partial charge in [-0.1, -0.05) is 11.6 Å². The van der Waals surface area contributed by atoms with Gasteiger partial charge in [-0.2, -0.15) is 5.26 Å². The van der Waals surface area contributed by atoms with Crippen molar-refractivity contribution in [3.63, 3.8) is 0 Å². The summed E-state index contributed by atoms with van der Waals surface area (Å²) in [6.45, 7) is 2.41. The molecule has 2 saturated heterocycles. The Hall–Kier alpha value is -2.08. The van der Waals surface area contributed by atoms with Crippen LogP contribution in [0.25, 0.3) is 0 Å². The maximum absolute atomic E-state index is 13.6. The monoisotopic (exact) mass is 368 g/mol. The van der Waals surface area contributed by atoms with E-state index in [2.05, 4.69) is 10.2 Å². The molecule has 2 aliphatic rings. The minimum absolute atomic E-state index is 0.148. The van der Waals surface area contributed by atoms with Crippen molar-refractivity contribution < 1.29 is 19.0 Å². The first-order valence-electron chi connectivity index (χ1n) is 7.91. The number of rotatable bonds is 4. The highest BCUT2D eigenvalue weighted by Crippen LogP contribution is 2.36. The smallest absolute Gasteiger partial charge is 0.409 e. The molecule has 1 aromatic rings. The van der Waals surface area contributed by atoms with Gasteiger partial charge in [0.1, 0.15) is 6.67 Å². The lowest BCUT2D eigenvalue weighted by atomic mass is 10.1. The Morgan fingerprint density at radius 2 is 2.24 bits per heavy atom. The molecule has 3 rings (SSSR count). The molecule has 0 aromatic heterocycles. The molecular weight excluding hydrogens is 351 g/mol. The first-order chi connectivity index (χ1) is 12.0. The van der Waals surface area contributed by atoms with Crippen LogP contribution < -0.4 is 10.2 Å². The Bertz CT molecular complexity index is 707. The number of halogens is 2. The van der Waals surface area contributed by atoms with Crippen LogP contribution in [0.1, 0.15) is 5.56 Å². The van der Waals surface area contributed by atoms with Crippen LogP contribution in [0, 0.1) is 11.3 Å². The van der Waals surface area contributed by atoms with Gasteiger partial charge in [0.15, 0.2) is 0 Å². The fourth-order valence-electron chi connectivity index (χ4n) is 3.23. The maximum Gasteiger partial charge on any atom is 0.409 e. The number of carboxylic acid groups (broad SMARTS) is 1. The van der Waals surface area contributed by atoms with Crippen molar-refractivity contribution in [2.45, 2.75) is 12.1 Å². The lowest BCUT2D eigenvalue weighted by Gasteiger charge is -2.47. The van der Waals surface area contributed by atoms with Crippen LogP contribution in [0.3, 0.4) is 0 Å². The number of alkyl halides is 1. The maximum atomic E-state index is 13.6. The summed E-state index contributed by atoms with van der Waals surface area (Å²) in [4.78, 5) is 14.9. The van der Waals surface area contributed by atoms with E-state index in [4.69, 9.17) is 21.4 Å². The van der Waals surface area contributed by atoms with Crippen molar-refractivity contribution in [1.29, 1.82) is 5.26 Å². The van der Waals surface area contributed by atoms with Crippen LogP contribution in [0.5, 0.6) is 0 Å². The van der Waals surface area contributed by atoms with Crippen LogP contribution in [0.15, 0.2) is 12.1 Å². The molecular formula is C16H18ClFN4O3. The van der Waals surface area contributed by atoms with Gasteiger partial charge in [-0.25, -0.2) is 9.18 Å². The van der Waals surface area contributed by atoms with Gasteiger partial charge in [0.05, 0.1) is 53.3 Å². The molecule has 25 heavy (non-hydrogen) atoms. The molecule has 2 N–H and O–H groups in total. The molecule has 0 bridgehead atoms. The molecule has 0 radical (unpaired) electrons. The summed E-state index contributed by atoms with van der Waals surface area (Å²) in [6, 6.07) is 4.94. The van der Waals surface area contributed by atoms with E-state index in [-0.39, 0.29) is 28.4 Å². The number of amides is 1. The SMILES string of the molecule is N#Cc1cc(NC(=O)O)c(Cl)c(N2CCN(C3COC3)C(CF)C2)c1. The van der Waals surface area contributed by atoms with E-state index in [0.29, 0.717) is 38.5 Å². The normalized spacial score (nSPS) is 21.5. The van der Waals surface area contributed by atoms with E-state index >= 15 is 0 Å². The standard InChI is InChI=1S/C16H18ClFN4O3/c17-15-13(20-16(23)24)3-10(6-19)4-14(15)21-1-2-22(11(5-18)7-21)12-8-25-9-12/h3-4,11-12,20H,1-2,5,7-9H2,(H,23,24). The zero-order valence-electron chi connectivity index (χ0n) is 13.4. The van der Waals surface area contributed by atoms with Crippen molar-refractivity contribution in [2.24, 2.45) is 0 Å². The lowest BCUT2D eigenvalue weighted by Crippen LogP contribution is -2.62. The zero-order chi connectivity index (χ0) is 18.0. The Kier molecular flexibility index (Phi) is 5.27. The third kappa shape index (κ3) is 3.63. The van der Waals surface area contributed by atoms with Gasteiger partial charge in [-0.3, -0.25) is 10.2 Å². The average Bonchev–Trinajstić information content (AvgIpc) is 2.55. The zero-order valence-corrected chi connectivity index (χ0v) is 14.2. The van der Waals surface area contributed by atoms with Gasteiger partial charge in [-0.05, 0) is 12.1 Å². The van der Waals surface area contributed by atoms with Gasteiger partial charge >= 0.3 is 6.09 Å². The van der Waals surface area contributed by atoms with Crippen molar-refractivity contribution >= 4 is 29.1 Å². The minimum Gasteiger partial charge on any atom is -0.465 e. The summed E-state index contributed by atoms with van der Waals surface area (Å²) in [7, 11) is 0. The Balaban J connectivity index is 1.85. The second-order valence-corrected chi connectivity index (χ2v) is 6.46. The molecule has 2 fully saturated rings. The Morgan fingerprint density at radius 3 is 2.80 bits per heavy atom. The predicted octanol–water partition coefficient (Wildman–Crippen LogP) is 2.16. The molecule has 7 nitrogen and oxygen atoms in total. The molecule has 1 aromatic carbocycles. The summed E-state index contributed by atoms with van der Waals surface area (Å²) in [5, 5.41) is 20.5. The van der Waals surface area contributed by atoms with Crippen molar-refractivity contribution in [3.05, 3.63) is 22.7 Å². The summed E-state index contributed by atoms with van der Waals surface area (Å²) in [5.74, 6) is 0. The molecule has 1 amide bonds. The molecule has 1 atom stereocenters. The molecule has 2 aliphatic heterocycles. The van der Waals surface area contributed by atoms with Gasteiger partial charge in [0.2, 0.25) is 0 Å². The van der Waals surface area contributed by atoms with Gasteiger partial charge in [-0.15, -0.1) is 0 Å². The number of hydrogen-bond acceptors (Lipinski definition) is 5. The third-order valence-electron chi connectivity index (χ3n) is 4.56. The van der Waals surface area contributed by atoms with Crippen LogP contribution >= 0.6 is 11.6 Å². The first kappa shape index (κ1) is 17.7. The number of hydrogen-bond donors (Lipinski definition) is 2. The van der Waals surface area contributed by atoms with Crippen LogP contribution in [0.4, 0.5) is 20.6 Å². The summed E-state index contributed by atoms with van der Waals surface area (Å²) in [6.07, 6.45) is -1.26. The summed E-state index contributed by atoms with van der Waals surface area (Å²) in [5.41, 5.74) is 0.969. The lowest BCUT2D eigenvalue weighted by molar-refractivity contribution is -0.0842. The second kappa shape index (κ2) is 7.44. The molecule has 9 heteroatoms. The molecule has 134 valence electrons. The number of benzene rings is 1. The quantitative estimate of drug-likeness (QED) is 0.846. The topological polar surface area (TPSA) is 88.8 Å². The second-order valence-electron chi connectivity index (χ2n) is 6.08. The molecule has 0 saturated carbocycles. The molecule has 0 aliphatic carbocycles. The number of ether oxygens (including phenoxy) is 1. The summed E-state index contributed by atoms with van der Waals surface area (Å²) < 4.78 is 18.7. The Morgan fingerprint density at radius 1 is 1.48 bits per heavy atom. The number of carbonyl (C=O) groups is 1. The first-order valence-corrected chi connectivity index (χ1v) is 8.29. The van der Waals surface area contributed by atoms with Gasteiger partial charge < -0.3 is 14.7 Å². The summed E-state index contributed by atoms with van der Waals surface area (Å²) >= 11 is 6.34. The average molecular weight is 369 g/mol. The van der Waals surface area contributed by atoms with E-state index in [9.17, 15) is 14.4 Å². The number of anilines is 2. The number of nitriles is 1. The number of nitrogens with one attached hydrogen (secondary N) is 1. The van der Waals surface area contributed by atoms with Crippen molar-refractivity contribution in [3.8, 4) is 6.07 Å². The van der Waals surface area contributed by atoms with Crippen LogP contribution in [-0.2, 0) is 4.74 Å². The fraction of sp³-hybridized carbons (Fsp3) is 0.500. The van der Waals surface area contributed by atoms with Crippen molar-refractivity contribution in [2.75, 3.05) is 49.7 Å². The highest BCUT2D eigenvalue weighted by Gasteiger charge is 2.36. The Labute approximate surface area is 149 Å². The largest absolute Gasteiger partial charge is 0.465 e. The molecule has 2 heterocycles. The van der Waals surface area contributed by atoms with E-state index in [1.807, 2.05) is 11.0 Å². The predicted molar refractivity (Wildman–Crippen MR) is 91.1 cm³/mol. The number of nitrogens with zero attached hydrogens (tertiary/aromatic N) is 3.